The van der Waals surface area contributed by atoms with E-state index in [-0.39, 0.29) is 20.1 Å². The molecule has 1 radical (unpaired) electrons. The summed E-state index contributed by atoms with van der Waals surface area (Å²) in [7, 11) is 0. The van der Waals surface area contributed by atoms with Crippen molar-refractivity contribution in [2.75, 3.05) is 0 Å². The molecule has 3 aromatic heterocycles. The molecular weight excluding hydrogens is 1070 g/mol. The number of thiophene rings is 1. The van der Waals surface area contributed by atoms with Gasteiger partial charge in [0.25, 0.3) is 0 Å². The van der Waals surface area contributed by atoms with Crippen LogP contribution in [-0.4, -0.2) is 27.8 Å². The Bertz CT molecular complexity index is 3270. The molecule has 67 heavy (non-hydrogen) atoms. The molecule has 0 bridgehead atoms. The summed E-state index contributed by atoms with van der Waals surface area (Å²) < 4.78 is 5.18. The number of imidazole rings is 1. The monoisotopic (exact) mass is 1130 g/mol. The van der Waals surface area contributed by atoms with Crippen molar-refractivity contribution in [2.24, 2.45) is 5.92 Å². The molecule has 0 saturated carbocycles. The van der Waals surface area contributed by atoms with Crippen LogP contribution in [0.5, 0.6) is 0 Å². The van der Waals surface area contributed by atoms with E-state index in [0.29, 0.717) is 17.8 Å². The van der Waals surface area contributed by atoms with Crippen LogP contribution in [0.25, 0.3) is 82.5 Å². The van der Waals surface area contributed by atoms with E-state index in [0.717, 1.165) is 40.1 Å². The predicted molar refractivity (Wildman–Crippen MR) is 287 cm³/mol. The molecule has 0 aliphatic carbocycles. The number of fused-ring (bicyclic) bond motifs is 3. The Kier molecular flexibility index (Phi) is 14.7. The zero-order valence-electron chi connectivity index (χ0n) is 40.1. The van der Waals surface area contributed by atoms with Crippen molar-refractivity contribution in [3.63, 3.8) is 0 Å². The van der Waals surface area contributed by atoms with Gasteiger partial charge in [-0.25, -0.2) is 0 Å². The van der Waals surface area contributed by atoms with E-state index in [1.807, 2.05) is 18.2 Å². The van der Waals surface area contributed by atoms with Crippen LogP contribution in [0.3, 0.4) is 0 Å². The van der Waals surface area contributed by atoms with Crippen LogP contribution in [-0.2, 0) is 26.5 Å². The number of rotatable bonds is 10. The fourth-order valence-electron chi connectivity index (χ4n) is 9.30. The van der Waals surface area contributed by atoms with Crippen molar-refractivity contribution < 1.29 is 20.1 Å². The number of hydrogen-bond acceptors (Lipinski definition) is 3. The summed E-state index contributed by atoms with van der Waals surface area (Å²) in [5.41, 5.74) is 15.6. The molecule has 3 nitrogen and oxygen atoms in total. The Balaban J connectivity index is 0.000000244. The second kappa shape index (κ2) is 20.4. The molecule has 7 aromatic carbocycles. The standard InChI is InChI=1S/C43H35N2S.C18H24GeN.Ir/c1-27(2)35-24-32(29-13-6-5-7-14-29)25-36(28(3)4)42(35)45-40-20-11-10-19-39(40)44-43(45)38-26-46-41-22-21-31(23-37(38)41)34-18-12-16-30-15-8-9-17-33(30)34;1-14(2)11-16-12-18(15-9-7-6-8-10-15)20-13-17(16)19(3,4)5;/h5-25,27-28H,1-4H3;6-9,12-14H,11H2,1-5H3;/q2*-1;. The number of para-hydroxylation sites is 2. The molecule has 0 aliphatic rings. The van der Waals surface area contributed by atoms with Crippen LogP contribution in [0, 0.1) is 17.4 Å². The second-order valence-electron chi connectivity index (χ2n) is 19.6. The van der Waals surface area contributed by atoms with Gasteiger partial charge < -0.3 is 4.57 Å². The summed E-state index contributed by atoms with van der Waals surface area (Å²) in [6, 6.07) is 59.8. The van der Waals surface area contributed by atoms with E-state index in [1.165, 1.54) is 65.5 Å². The van der Waals surface area contributed by atoms with Gasteiger partial charge in [-0.3, -0.25) is 16.3 Å². The minimum absolute atomic E-state index is 0. The summed E-state index contributed by atoms with van der Waals surface area (Å²) in [4.78, 5) is 10.1. The average molecular weight is 1130 g/mol. The van der Waals surface area contributed by atoms with Crippen LogP contribution in [0.15, 0.2) is 164 Å². The van der Waals surface area contributed by atoms with Gasteiger partial charge in [0.1, 0.15) is 0 Å². The molecule has 339 valence electrons. The third kappa shape index (κ3) is 10.1. The topological polar surface area (TPSA) is 30.7 Å². The first-order valence-electron chi connectivity index (χ1n) is 23.5. The van der Waals surface area contributed by atoms with E-state index in [1.54, 1.807) is 15.7 Å². The molecule has 10 aromatic rings. The molecular formula is C61H59GeIrN3S-2. The van der Waals surface area contributed by atoms with Crippen molar-refractivity contribution in [3.05, 3.63) is 192 Å². The first kappa shape index (κ1) is 48.0. The summed E-state index contributed by atoms with van der Waals surface area (Å²) in [6.07, 6.45) is 3.27. The van der Waals surface area contributed by atoms with E-state index >= 15 is 0 Å². The second-order valence-corrected chi connectivity index (χ2v) is 31.0. The summed E-state index contributed by atoms with van der Waals surface area (Å²) in [5.74, 6) is 9.56. The first-order chi connectivity index (χ1) is 31.9. The van der Waals surface area contributed by atoms with Crippen molar-refractivity contribution in [1.82, 2.24) is 14.5 Å². The fourth-order valence-corrected chi connectivity index (χ4v) is 13.5. The number of pyridine rings is 1. The van der Waals surface area contributed by atoms with E-state index in [4.69, 9.17) is 9.97 Å². The van der Waals surface area contributed by atoms with Crippen molar-refractivity contribution in [2.45, 2.75) is 77.1 Å². The third-order valence-corrected chi connectivity index (χ3v) is 17.8. The molecule has 3 heterocycles. The van der Waals surface area contributed by atoms with Crippen molar-refractivity contribution >= 4 is 60.9 Å². The summed E-state index contributed by atoms with van der Waals surface area (Å²) >= 11 is -0.186. The van der Waals surface area contributed by atoms with Gasteiger partial charge in [-0.05, 0) is 80.3 Å². The van der Waals surface area contributed by atoms with Gasteiger partial charge in [0.05, 0.1) is 16.9 Å². The van der Waals surface area contributed by atoms with Gasteiger partial charge in [-0.15, -0.1) is 5.39 Å². The van der Waals surface area contributed by atoms with Gasteiger partial charge in [0, 0.05) is 25.8 Å². The number of hydrogen-bond donors (Lipinski definition) is 0. The molecule has 0 fully saturated rings. The zero-order valence-corrected chi connectivity index (χ0v) is 45.4. The van der Waals surface area contributed by atoms with Crippen LogP contribution in [0.4, 0.5) is 0 Å². The Morgan fingerprint density at radius 1 is 0.642 bits per heavy atom. The van der Waals surface area contributed by atoms with E-state index < -0.39 is 13.3 Å². The summed E-state index contributed by atoms with van der Waals surface area (Å²) in [5, 5.41) is 7.41. The normalized spacial score (nSPS) is 11.7. The Hall–Kier alpha value is -5.43. The van der Waals surface area contributed by atoms with Crippen LogP contribution in [0.2, 0.25) is 17.3 Å². The fraction of sp³-hybridized carbons (Fsp3) is 0.213. The summed E-state index contributed by atoms with van der Waals surface area (Å²) in [6.45, 7) is 13.8. The predicted octanol–water partition coefficient (Wildman–Crippen LogP) is 16.7. The van der Waals surface area contributed by atoms with E-state index in [9.17, 15) is 0 Å². The van der Waals surface area contributed by atoms with Crippen LogP contribution in [0.1, 0.15) is 70.1 Å². The van der Waals surface area contributed by atoms with Crippen LogP contribution >= 0.6 is 11.3 Å². The van der Waals surface area contributed by atoms with Gasteiger partial charge in [-0.1, -0.05) is 146 Å². The Morgan fingerprint density at radius 2 is 1.33 bits per heavy atom. The van der Waals surface area contributed by atoms with Crippen LogP contribution < -0.4 is 4.40 Å². The number of aromatic nitrogens is 3. The average Bonchev–Trinajstić information content (AvgIpc) is 3.92. The van der Waals surface area contributed by atoms with E-state index in [2.05, 4.69) is 221 Å². The maximum Gasteiger partial charge on any atom is 0.0774 e. The minimum Gasteiger partial charge on any atom is -0.333 e. The minimum atomic E-state index is -1.86. The maximum absolute atomic E-state index is 5.35. The molecule has 0 N–H and O–H groups in total. The largest absolute Gasteiger partial charge is 0.333 e. The van der Waals surface area contributed by atoms with Crippen molar-refractivity contribution in [3.8, 4) is 50.6 Å². The van der Waals surface area contributed by atoms with Gasteiger partial charge in [0.2, 0.25) is 0 Å². The number of benzene rings is 7. The molecule has 6 heteroatoms. The number of nitrogens with zero attached hydrogens (tertiary/aromatic N) is 3. The molecule has 0 atom stereocenters. The maximum atomic E-state index is 5.35. The van der Waals surface area contributed by atoms with Gasteiger partial charge in [-0.2, -0.15) is 0 Å². The Labute approximate surface area is 418 Å². The molecule has 0 spiro atoms. The molecule has 0 aliphatic heterocycles. The van der Waals surface area contributed by atoms with Crippen molar-refractivity contribution in [1.29, 1.82) is 0 Å². The molecule has 0 amide bonds. The molecule has 0 unspecified atom stereocenters. The smallest absolute Gasteiger partial charge is 0.0774 e. The molecule has 10 rings (SSSR count). The zero-order chi connectivity index (χ0) is 46.1. The SMILES string of the molecule is CC(C)Cc1cc(-c2[c-]cccc2)nc[c]1[Ge]([CH3])([CH3])[CH3].CC(C)c1cc(-c2ccccc2)cc(C(C)C)c1-n1c(-c2[c-]sc3ccc(-c4cccc5ccccc45)cc23)nc2ccccc21.[Ir]. The molecule has 0 saturated heterocycles. The van der Waals surface area contributed by atoms with Gasteiger partial charge >= 0.3 is 126 Å². The van der Waals surface area contributed by atoms with Gasteiger partial charge in [0.15, 0.2) is 0 Å². The quantitative estimate of drug-likeness (QED) is 0.101. The first-order valence-corrected chi connectivity index (χ1v) is 31.6. The Morgan fingerprint density at radius 3 is 2.03 bits per heavy atom. The third-order valence-electron chi connectivity index (χ3n) is 12.6.